The summed E-state index contributed by atoms with van der Waals surface area (Å²) in [5.41, 5.74) is 0.419. The van der Waals surface area contributed by atoms with E-state index in [2.05, 4.69) is 36.0 Å². The van der Waals surface area contributed by atoms with E-state index in [1.165, 1.54) is 6.26 Å². The Balaban J connectivity index is 1.60. The van der Waals surface area contributed by atoms with Crippen molar-refractivity contribution >= 4 is 5.91 Å². The van der Waals surface area contributed by atoms with Gasteiger partial charge in [0, 0.05) is 31.1 Å². The Morgan fingerprint density at radius 3 is 2.80 bits per heavy atom. The first-order chi connectivity index (χ1) is 9.54. The maximum Gasteiger partial charge on any atom is 0.273 e. The molecule has 1 saturated carbocycles. The summed E-state index contributed by atoms with van der Waals surface area (Å²) >= 11 is 0. The topological polar surface area (TPSA) is 58.4 Å². The Labute approximate surface area is 119 Å². The lowest BCUT2D eigenvalue weighted by molar-refractivity contribution is 0.0925. The van der Waals surface area contributed by atoms with Crippen LogP contribution in [0.15, 0.2) is 10.7 Å². The van der Waals surface area contributed by atoms with E-state index in [9.17, 15) is 4.79 Å². The van der Waals surface area contributed by atoms with Crippen molar-refractivity contribution < 1.29 is 9.21 Å². The molecule has 3 rings (SSSR count). The van der Waals surface area contributed by atoms with E-state index in [1.54, 1.807) is 0 Å². The van der Waals surface area contributed by atoms with Crippen LogP contribution in [0.4, 0.5) is 0 Å². The fraction of sp³-hybridized carbons (Fsp3) is 0.733. The predicted octanol–water partition coefficient (Wildman–Crippen LogP) is 2.01. The molecule has 2 aliphatic rings. The van der Waals surface area contributed by atoms with Gasteiger partial charge in [0.1, 0.15) is 6.26 Å². The van der Waals surface area contributed by atoms with Gasteiger partial charge >= 0.3 is 0 Å². The van der Waals surface area contributed by atoms with E-state index in [0.717, 1.165) is 31.8 Å². The molecule has 2 heterocycles. The van der Waals surface area contributed by atoms with Crippen LogP contribution < -0.4 is 5.32 Å². The maximum absolute atomic E-state index is 12.2. The van der Waals surface area contributed by atoms with Gasteiger partial charge in [0.25, 0.3) is 5.91 Å². The van der Waals surface area contributed by atoms with Crippen LogP contribution in [0.2, 0.25) is 0 Å². The first-order valence-electron chi connectivity index (χ1n) is 7.55. The highest BCUT2D eigenvalue weighted by molar-refractivity contribution is 5.92. The molecule has 0 bridgehead atoms. The van der Waals surface area contributed by atoms with Crippen LogP contribution in [0.3, 0.4) is 0 Å². The quantitative estimate of drug-likeness (QED) is 0.914. The van der Waals surface area contributed by atoms with Gasteiger partial charge in [-0.2, -0.15) is 0 Å². The summed E-state index contributed by atoms with van der Waals surface area (Å²) in [5, 5.41) is 3.10. The number of oxazole rings is 1. The number of hydrogen-bond donors (Lipinski definition) is 1. The summed E-state index contributed by atoms with van der Waals surface area (Å²) in [5.74, 6) is 1.52. The Morgan fingerprint density at radius 2 is 2.20 bits per heavy atom. The highest BCUT2D eigenvalue weighted by Gasteiger charge is 2.33. The van der Waals surface area contributed by atoms with Crippen molar-refractivity contribution in [1.29, 1.82) is 0 Å². The number of likely N-dealkylation sites (tertiary alicyclic amines) is 1. The van der Waals surface area contributed by atoms with E-state index in [0.29, 0.717) is 23.6 Å². The molecule has 20 heavy (non-hydrogen) atoms. The third-order valence-corrected chi connectivity index (χ3v) is 4.37. The molecular weight excluding hydrogens is 254 g/mol. The standard InChI is InChI=1S/C15H23N3O2/c1-9(2)18-6-10(3)12(7-18)16-14(19)13-8-20-15(17-13)11-4-5-11/h8-12H,4-7H2,1-3H3,(H,16,19)/t10-,12+/m0/s1. The number of carbonyl (C=O) groups is 1. The molecule has 0 aromatic carbocycles. The minimum atomic E-state index is -0.108. The molecule has 0 radical (unpaired) electrons. The number of aromatic nitrogens is 1. The predicted molar refractivity (Wildman–Crippen MR) is 75.6 cm³/mol. The summed E-state index contributed by atoms with van der Waals surface area (Å²) in [6.45, 7) is 8.52. The second-order valence-electron chi connectivity index (χ2n) is 6.45. The molecule has 1 saturated heterocycles. The Hall–Kier alpha value is -1.36. The van der Waals surface area contributed by atoms with Gasteiger partial charge in [-0.3, -0.25) is 9.69 Å². The minimum Gasteiger partial charge on any atom is -0.448 e. The Kier molecular flexibility index (Phi) is 3.54. The highest BCUT2D eigenvalue weighted by atomic mass is 16.3. The fourth-order valence-corrected chi connectivity index (χ4v) is 2.77. The van der Waals surface area contributed by atoms with Crippen molar-refractivity contribution in [2.45, 2.75) is 51.6 Å². The number of nitrogens with zero attached hydrogens (tertiary/aromatic N) is 2. The van der Waals surface area contributed by atoms with E-state index in [-0.39, 0.29) is 11.9 Å². The van der Waals surface area contributed by atoms with Crippen LogP contribution in [0.5, 0.6) is 0 Å². The number of amides is 1. The number of rotatable bonds is 4. The molecular formula is C15H23N3O2. The third kappa shape index (κ3) is 2.73. The highest BCUT2D eigenvalue weighted by Crippen LogP contribution is 2.39. The largest absolute Gasteiger partial charge is 0.448 e. The summed E-state index contributed by atoms with van der Waals surface area (Å²) < 4.78 is 5.38. The van der Waals surface area contributed by atoms with Gasteiger partial charge in [-0.15, -0.1) is 0 Å². The van der Waals surface area contributed by atoms with E-state index >= 15 is 0 Å². The molecule has 2 fully saturated rings. The minimum absolute atomic E-state index is 0.108. The van der Waals surface area contributed by atoms with Crippen LogP contribution >= 0.6 is 0 Å². The molecule has 0 unspecified atom stereocenters. The van der Waals surface area contributed by atoms with Gasteiger partial charge in [0.05, 0.1) is 0 Å². The molecule has 5 heteroatoms. The van der Waals surface area contributed by atoms with Crippen molar-refractivity contribution in [3.63, 3.8) is 0 Å². The van der Waals surface area contributed by atoms with Crippen LogP contribution in [0.25, 0.3) is 0 Å². The second-order valence-corrected chi connectivity index (χ2v) is 6.45. The molecule has 110 valence electrons. The summed E-state index contributed by atoms with van der Waals surface area (Å²) in [6, 6.07) is 0.721. The van der Waals surface area contributed by atoms with Crippen molar-refractivity contribution in [3.8, 4) is 0 Å². The van der Waals surface area contributed by atoms with Crippen LogP contribution in [-0.4, -0.2) is 41.0 Å². The normalized spacial score (nSPS) is 27.2. The lowest BCUT2D eigenvalue weighted by Gasteiger charge is -2.20. The average molecular weight is 277 g/mol. The summed E-state index contributed by atoms with van der Waals surface area (Å²) in [7, 11) is 0. The molecule has 1 aromatic rings. The SMILES string of the molecule is CC(C)N1C[C@H](C)[C@H](NC(=O)c2coc(C3CC3)n2)C1. The molecule has 1 aliphatic heterocycles. The molecule has 1 aliphatic carbocycles. The average Bonchev–Trinajstić information content (AvgIpc) is 3.01. The fourth-order valence-electron chi connectivity index (χ4n) is 2.77. The van der Waals surface area contributed by atoms with Crippen LogP contribution in [0.1, 0.15) is 55.9 Å². The van der Waals surface area contributed by atoms with Gasteiger partial charge in [-0.05, 0) is 32.6 Å². The zero-order valence-corrected chi connectivity index (χ0v) is 12.4. The third-order valence-electron chi connectivity index (χ3n) is 4.37. The molecule has 2 atom stereocenters. The Bertz CT molecular complexity index is 493. The van der Waals surface area contributed by atoms with Crippen molar-refractivity contribution in [3.05, 3.63) is 17.8 Å². The second kappa shape index (κ2) is 5.20. The van der Waals surface area contributed by atoms with Crippen molar-refractivity contribution in [2.24, 2.45) is 5.92 Å². The van der Waals surface area contributed by atoms with Crippen LogP contribution in [0, 0.1) is 5.92 Å². The lowest BCUT2D eigenvalue weighted by Crippen LogP contribution is -2.40. The smallest absolute Gasteiger partial charge is 0.273 e. The molecule has 1 N–H and O–H groups in total. The van der Waals surface area contributed by atoms with Gasteiger partial charge < -0.3 is 9.73 Å². The molecule has 5 nitrogen and oxygen atoms in total. The first kappa shape index (κ1) is 13.6. The van der Waals surface area contributed by atoms with Gasteiger partial charge in [-0.1, -0.05) is 6.92 Å². The van der Waals surface area contributed by atoms with Crippen LogP contribution in [-0.2, 0) is 0 Å². The molecule has 1 amide bonds. The van der Waals surface area contributed by atoms with Gasteiger partial charge in [0.15, 0.2) is 11.6 Å². The van der Waals surface area contributed by atoms with E-state index < -0.39 is 0 Å². The monoisotopic (exact) mass is 277 g/mol. The van der Waals surface area contributed by atoms with Gasteiger partial charge in [-0.25, -0.2) is 4.98 Å². The van der Waals surface area contributed by atoms with Crippen molar-refractivity contribution in [2.75, 3.05) is 13.1 Å². The lowest BCUT2D eigenvalue weighted by atomic mass is 10.1. The number of nitrogens with one attached hydrogen (secondary N) is 1. The summed E-state index contributed by atoms with van der Waals surface area (Å²) in [6.07, 6.45) is 3.75. The number of hydrogen-bond acceptors (Lipinski definition) is 4. The zero-order valence-electron chi connectivity index (χ0n) is 12.4. The summed E-state index contributed by atoms with van der Waals surface area (Å²) in [4.78, 5) is 18.9. The van der Waals surface area contributed by atoms with E-state index in [4.69, 9.17) is 4.42 Å². The van der Waals surface area contributed by atoms with Crippen molar-refractivity contribution in [1.82, 2.24) is 15.2 Å². The molecule has 1 aromatic heterocycles. The molecule has 0 spiro atoms. The van der Waals surface area contributed by atoms with Gasteiger partial charge in [0.2, 0.25) is 0 Å². The van der Waals surface area contributed by atoms with E-state index in [1.807, 2.05) is 0 Å². The zero-order chi connectivity index (χ0) is 14.3. The Morgan fingerprint density at radius 1 is 1.45 bits per heavy atom. The number of carbonyl (C=O) groups excluding carboxylic acids is 1. The first-order valence-corrected chi connectivity index (χ1v) is 7.55. The maximum atomic E-state index is 12.2.